The summed E-state index contributed by atoms with van der Waals surface area (Å²) in [6, 6.07) is 65.5. The first-order chi connectivity index (χ1) is 26.3. The maximum atomic E-state index is 5.01. The summed E-state index contributed by atoms with van der Waals surface area (Å²) in [5, 5.41) is 9.82. The molecular formula is C50H31N3. The highest BCUT2D eigenvalue weighted by Crippen LogP contribution is 2.58. The minimum absolute atomic E-state index is 0.829. The number of aromatic nitrogens is 3. The van der Waals surface area contributed by atoms with Crippen molar-refractivity contribution in [2.24, 2.45) is 0 Å². The average Bonchev–Trinajstić information content (AvgIpc) is 3.78. The van der Waals surface area contributed by atoms with Gasteiger partial charge in [0.1, 0.15) is 5.69 Å². The van der Waals surface area contributed by atoms with Crippen molar-refractivity contribution in [1.29, 1.82) is 0 Å². The van der Waals surface area contributed by atoms with Crippen LogP contribution in [0.5, 0.6) is 0 Å². The molecule has 0 radical (unpaired) electrons. The van der Waals surface area contributed by atoms with E-state index in [0.717, 1.165) is 28.2 Å². The molecular weight excluding hydrogens is 643 g/mol. The van der Waals surface area contributed by atoms with Crippen molar-refractivity contribution in [3.63, 3.8) is 0 Å². The van der Waals surface area contributed by atoms with Gasteiger partial charge in [-0.3, -0.25) is 0 Å². The summed E-state index contributed by atoms with van der Waals surface area (Å²) < 4.78 is 1.95. The van der Waals surface area contributed by atoms with Crippen LogP contribution in [0.15, 0.2) is 188 Å². The zero-order valence-corrected chi connectivity index (χ0v) is 28.7. The molecule has 10 aromatic rings. The smallest absolute Gasteiger partial charge is 0.154 e. The van der Waals surface area contributed by atoms with E-state index in [1.807, 2.05) is 28.9 Å². The van der Waals surface area contributed by atoms with Crippen LogP contribution in [0.2, 0.25) is 0 Å². The van der Waals surface area contributed by atoms with Crippen LogP contribution in [0.1, 0.15) is 0 Å². The van der Waals surface area contributed by atoms with Crippen LogP contribution in [-0.4, -0.2) is 14.6 Å². The van der Waals surface area contributed by atoms with E-state index in [2.05, 4.69) is 164 Å². The van der Waals surface area contributed by atoms with Crippen molar-refractivity contribution in [2.45, 2.75) is 0 Å². The Balaban J connectivity index is 1.13. The van der Waals surface area contributed by atoms with Crippen LogP contribution in [0.25, 0.3) is 105 Å². The highest BCUT2D eigenvalue weighted by atomic mass is 15.3. The fourth-order valence-electron chi connectivity index (χ4n) is 8.61. The second-order valence-electron chi connectivity index (χ2n) is 13.7. The summed E-state index contributed by atoms with van der Waals surface area (Å²) in [6.07, 6.45) is 1.82. The van der Waals surface area contributed by atoms with E-state index in [9.17, 15) is 0 Å². The molecule has 1 aliphatic rings. The zero-order chi connectivity index (χ0) is 34.9. The predicted molar refractivity (Wildman–Crippen MR) is 220 cm³/mol. The van der Waals surface area contributed by atoms with Gasteiger partial charge in [-0.1, -0.05) is 170 Å². The monoisotopic (exact) mass is 673 g/mol. The Labute approximate surface area is 307 Å². The van der Waals surface area contributed by atoms with Crippen LogP contribution in [-0.2, 0) is 0 Å². The second kappa shape index (κ2) is 11.7. The molecule has 0 N–H and O–H groups in total. The lowest BCUT2D eigenvalue weighted by atomic mass is 9.82. The van der Waals surface area contributed by atoms with Crippen molar-refractivity contribution in [3.8, 4) is 78.1 Å². The van der Waals surface area contributed by atoms with E-state index in [0.29, 0.717) is 0 Å². The molecule has 8 aromatic carbocycles. The van der Waals surface area contributed by atoms with Crippen LogP contribution >= 0.6 is 0 Å². The highest BCUT2D eigenvalue weighted by Gasteiger charge is 2.31. The van der Waals surface area contributed by atoms with E-state index < -0.39 is 0 Å². The van der Waals surface area contributed by atoms with Gasteiger partial charge in [0.2, 0.25) is 0 Å². The van der Waals surface area contributed by atoms with Crippen molar-refractivity contribution in [3.05, 3.63) is 188 Å². The number of rotatable bonds is 5. The lowest BCUT2D eigenvalue weighted by molar-refractivity contribution is 0.943. The average molecular weight is 674 g/mol. The third kappa shape index (κ3) is 4.47. The molecule has 0 saturated carbocycles. The molecule has 1 aliphatic carbocycles. The van der Waals surface area contributed by atoms with Gasteiger partial charge < -0.3 is 0 Å². The van der Waals surface area contributed by atoms with Gasteiger partial charge in [0, 0.05) is 17.3 Å². The van der Waals surface area contributed by atoms with Crippen molar-refractivity contribution in [2.75, 3.05) is 0 Å². The zero-order valence-electron chi connectivity index (χ0n) is 28.7. The molecule has 0 aliphatic heterocycles. The van der Waals surface area contributed by atoms with E-state index in [1.165, 1.54) is 77.2 Å². The molecule has 3 heteroatoms. The molecule has 53 heavy (non-hydrogen) atoms. The minimum atomic E-state index is 0.829. The van der Waals surface area contributed by atoms with Crippen LogP contribution in [0.3, 0.4) is 0 Å². The van der Waals surface area contributed by atoms with Crippen molar-refractivity contribution in [1.82, 2.24) is 14.6 Å². The van der Waals surface area contributed by atoms with Gasteiger partial charge in [0.25, 0.3) is 0 Å². The molecule has 0 amide bonds. The topological polar surface area (TPSA) is 30.2 Å². The fourth-order valence-corrected chi connectivity index (χ4v) is 8.61. The fraction of sp³-hybridized carbons (Fsp3) is 0. The Bertz CT molecular complexity index is 2920. The summed E-state index contributed by atoms with van der Waals surface area (Å²) in [7, 11) is 0. The molecule has 0 saturated heterocycles. The molecule has 2 aromatic heterocycles. The molecule has 2 heterocycles. The highest BCUT2D eigenvalue weighted by molar-refractivity contribution is 6.28. The summed E-state index contributed by atoms with van der Waals surface area (Å²) in [5.41, 5.74) is 17.5. The van der Waals surface area contributed by atoms with Crippen molar-refractivity contribution < 1.29 is 0 Å². The molecule has 0 bridgehead atoms. The van der Waals surface area contributed by atoms with Gasteiger partial charge >= 0.3 is 0 Å². The Kier molecular flexibility index (Phi) is 6.55. The van der Waals surface area contributed by atoms with Gasteiger partial charge in [-0.15, -0.1) is 0 Å². The Morgan fingerprint density at radius 2 is 0.868 bits per heavy atom. The maximum absolute atomic E-state index is 5.01. The number of fused-ring (bicyclic) bond motifs is 5. The van der Waals surface area contributed by atoms with Gasteiger partial charge in [0.15, 0.2) is 5.65 Å². The van der Waals surface area contributed by atoms with Gasteiger partial charge in [0.05, 0.1) is 5.69 Å². The number of hydrogen-bond acceptors (Lipinski definition) is 2. The Hall–Kier alpha value is -7.10. The molecule has 0 fully saturated rings. The summed E-state index contributed by atoms with van der Waals surface area (Å²) >= 11 is 0. The normalized spacial score (nSPS) is 11.8. The molecule has 246 valence electrons. The summed E-state index contributed by atoms with van der Waals surface area (Å²) in [6.45, 7) is 0. The van der Waals surface area contributed by atoms with E-state index in [4.69, 9.17) is 10.1 Å². The van der Waals surface area contributed by atoms with E-state index in [-0.39, 0.29) is 0 Å². The molecule has 3 nitrogen and oxygen atoms in total. The Morgan fingerprint density at radius 3 is 1.51 bits per heavy atom. The minimum Gasteiger partial charge on any atom is -0.226 e. The van der Waals surface area contributed by atoms with Crippen LogP contribution in [0, 0.1) is 0 Å². The van der Waals surface area contributed by atoms with E-state index in [1.54, 1.807) is 0 Å². The second-order valence-corrected chi connectivity index (χ2v) is 13.7. The van der Waals surface area contributed by atoms with Gasteiger partial charge in [-0.2, -0.15) is 5.10 Å². The lowest BCUT2D eigenvalue weighted by Gasteiger charge is -2.20. The first-order valence-corrected chi connectivity index (χ1v) is 18.1. The summed E-state index contributed by atoms with van der Waals surface area (Å²) in [4.78, 5) is 5.01. The van der Waals surface area contributed by atoms with Gasteiger partial charge in [-0.25, -0.2) is 9.50 Å². The first-order valence-electron chi connectivity index (χ1n) is 18.1. The van der Waals surface area contributed by atoms with Gasteiger partial charge in [-0.05, 0) is 89.3 Å². The quantitative estimate of drug-likeness (QED) is 0.182. The standard InChI is InChI=1S/C50H31N3/c1-4-14-33(15-5-1)44-39-20-10-11-21-40(39)45(34-16-6-2-7-17-34)48-42-30-29-37(38-22-12-23-41(46(38)42)47(44)48)32-25-27-36(28-26-32)50-49(35-18-8-3-9-19-35)52-43-24-13-31-51-53(43)50/h1-31H. The van der Waals surface area contributed by atoms with Crippen LogP contribution in [0.4, 0.5) is 0 Å². The summed E-state index contributed by atoms with van der Waals surface area (Å²) in [5.74, 6) is 0. The largest absolute Gasteiger partial charge is 0.226 e. The number of nitrogens with zero attached hydrogens (tertiary/aromatic N) is 3. The third-order valence-corrected chi connectivity index (χ3v) is 10.8. The lowest BCUT2D eigenvalue weighted by Crippen LogP contribution is -1.94. The van der Waals surface area contributed by atoms with E-state index >= 15 is 0 Å². The third-order valence-electron chi connectivity index (χ3n) is 10.8. The number of hydrogen-bond donors (Lipinski definition) is 0. The van der Waals surface area contributed by atoms with Crippen LogP contribution < -0.4 is 0 Å². The van der Waals surface area contributed by atoms with Crippen molar-refractivity contribution >= 4 is 27.2 Å². The first kappa shape index (κ1) is 29.6. The molecule has 0 spiro atoms. The predicted octanol–water partition coefficient (Wildman–Crippen LogP) is 13.0. The molecule has 0 unspecified atom stereocenters. The number of benzene rings is 8. The number of imidazole rings is 1. The molecule has 0 atom stereocenters. The Morgan fingerprint density at radius 1 is 0.340 bits per heavy atom. The molecule has 11 rings (SSSR count). The maximum Gasteiger partial charge on any atom is 0.154 e. The SMILES string of the molecule is c1ccc(-c2nc3cccnn3c2-c2ccc(-c3ccc4c5c(cccc35)-c3c-4c(-c4ccccc4)c4ccccc4c3-c3ccccc3)cc2)cc1.